The Labute approximate surface area is 93.0 Å². The van der Waals surface area contributed by atoms with E-state index in [0.717, 1.165) is 32.4 Å². The molecule has 3 heteroatoms. The second-order valence-electron chi connectivity index (χ2n) is 5.12. The van der Waals surface area contributed by atoms with Gasteiger partial charge >= 0.3 is 0 Å². The van der Waals surface area contributed by atoms with Crippen molar-refractivity contribution in [1.29, 1.82) is 0 Å². The molecule has 1 atom stereocenters. The third-order valence-electron chi connectivity index (χ3n) is 3.22. The molecule has 0 aromatic rings. The van der Waals surface area contributed by atoms with Gasteiger partial charge < -0.3 is 10.6 Å². The van der Waals surface area contributed by atoms with Crippen LogP contribution < -0.4 is 10.6 Å². The van der Waals surface area contributed by atoms with E-state index in [2.05, 4.69) is 31.4 Å². The van der Waals surface area contributed by atoms with E-state index >= 15 is 0 Å². The number of hydrogen-bond donors (Lipinski definition) is 2. The average molecular weight is 212 g/mol. The summed E-state index contributed by atoms with van der Waals surface area (Å²) in [4.78, 5) is 11.9. The zero-order valence-corrected chi connectivity index (χ0v) is 10.2. The Hall–Kier alpha value is -0.570. The lowest BCUT2D eigenvalue weighted by atomic mass is 9.77. The molecule has 2 N–H and O–H groups in total. The second-order valence-corrected chi connectivity index (χ2v) is 5.12. The van der Waals surface area contributed by atoms with Gasteiger partial charge in [-0.2, -0.15) is 0 Å². The maximum absolute atomic E-state index is 11.9. The van der Waals surface area contributed by atoms with Gasteiger partial charge in [0.05, 0.1) is 6.04 Å². The molecule has 0 saturated carbocycles. The molecule has 0 bridgehead atoms. The molecule has 88 valence electrons. The fourth-order valence-electron chi connectivity index (χ4n) is 2.15. The lowest BCUT2D eigenvalue weighted by molar-refractivity contribution is -0.126. The number of piperidine rings is 1. The van der Waals surface area contributed by atoms with Crippen molar-refractivity contribution in [3.8, 4) is 0 Å². The SMILES string of the molecule is CCCCNC(=O)C1NCCCC1(C)C. The van der Waals surface area contributed by atoms with Crippen LogP contribution in [0.25, 0.3) is 0 Å². The van der Waals surface area contributed by atoms with Crippen LogP contribution in [0.1, 0.15) is 46.5 Å². The summed E-state index contributed by atoms with van der Waals surface area (Å²) in [6.45, 7) is 8.25. The first-order valence-electron chi connectivity index (χ1n) is 6.09. The minimum Gasteiger partial charge on any atom is -0.355 e. The molecule has 0 spiro atoms. The Morgan fingerprint density at radius 2 is 2.27 bits per heavy atom. The first-order chi connectivity index (χ1) is 7.08. The number of hydrogen-bond acceptors (Lipinski definition) is 2. The van der Waals surface area contributed by atoms with Crippen LogP contribution in [-0.2, 0) is 4.79 Å². The molecule has 1 aliphatic heterocycles. The standard InChI is InChI=1S/C12H24N2O/c1-4-5-8-14-11(15)10-12(2,3)7-6-9-13-10/h10,13H,4-9H2,1-3H3,(H,14,15). The van der Waals surface area contributed by atoms with E-state index in [1.165, 1.54) is 6.42 Å². The van der Waals surface area contributed by atoms with Gasteiger partial charge in [-0.05, 0) is 31.2 Å². The highest BCUT2D eigenvalue weighted by atomic mass is 16.2. The molecule has 1 aliphatic rings. The van der Waals surface area contributed by atoms with Gasteiger partial charge in [-0.15, -0.1) is 0 Å². The molecular formula is C12H24N2O. The highest BCUT2D eigenvalue weighted by Crippen LogP contribution is 2.29. The molecule has 1 saturated heterocycles. The van der Waals surface area contributed by atoms with Gasteiger partial charge in [0, 0.05) is 6.54 Å². The van der Waals surface area contributed by atoms with E-state index in [0.29, 0.717) is 0 Å². The van der Waals surface area contributed by atoms with Gasteiger partial charge in [0.25, 0.3) is 0 Å². The number of rotatable bonds is 4. The summed E-state index contributed by atoms with van der Waals surface area (Å²) in [5, 5.41) is 6.33. The number of unbranched alkanes of at least 4 members (excludes halogenated alkanes) is 1. The first-order valence-corrected chi connectivity index (χ1v) is 6.09. The molecule has 15 heavy (non-hydrogen) atoms. The quantitative estimate of drug-likeness (QED) is 0.696. The third kappa shape index (κ3) is 3.49. The van der Waals surface area contributed by atoms with E-state index in [-0.39, 0.29) is 17.4 Å². The highest BCUT2D eigenvalue weighted by Gasteiger charge is 2.36. The minimum atomic E-state index is -0.0110. The maximum Gasteiger partial charge on any atom is 0.237 e. The number of nitrogens with one attached hydrogen (secondary N) is 2. The van der Waals surface area contributed by atoms with Crippen LogP contribution in [0.4, 0.5) is 0 Å². The zero-order valence-electron chi connectivity index (χ0n) is 10.2. The molecular weight excluding hydrogens is 188 g/mol. The van der Waals surface area contributed by atoms with Crippen molar-refractivity contribution in [3.05, 3.63) is 0 Å². The smallest absolute Gasteiger partial charge is 0.237 e. The van der Waals surface area contributed by atoms with Crippen LogP contribution in [0.2, 0.25) is 0 Å². The van der Waals surface area contributed by atoms with Gasteiger partial charge in [-0.25, -0.2) is 0 Å². The molecule has 1 unspecified atom stereocenters. The third-order valence-corrected chi connectivity index (χ3v) is 3.22. The predicted molar refractivity (Wildman–Crippen MR) is 62.7 cm³/mol. The lowest BCUT2D eigenvalue weighted by Crippen LogP contribution is -2.55. The Morgan fingerprint density at radius 3 is 2.87 bits per heavy atom. The molecule has 0 radical (unpaired) electrons. The number of amides is 1. The molecule has 1 amide bonds. The van der Waals surface area contributed by atoms with Gasteiger partial charge in [0.15, 0.2) is 0 Å². The van der Waals surface area contributed by atoms with Crippen LogP contribution in [0.5, 0.6) is 0 Å². The zero-order chi connectivity index (χ0) is 11.3. The largest absolute Gasteiger partial charge is 0.355 e. The van der Waals surface area contributed by atoms with Crippen LogP contribution in [0.3, 0.4) is 0 Å². The summed E-state index contributed by atoms with van der Waals surface area (Å²) in [5.41, 5.74) is 0.0918. The summed E-state index contributed by atoms with van der Waals surface area (Å²) in [5.74, 6) is 0.174. The van der Waals surface area contributed by atoms with Crippen molar-refractivity contribution in [2.75, 3.05) is 13.1 Å². The molecule has 1 heterocycles. The summed E-state index contributed by atoms with van der Waals surface area (Å²) >= 11 is 0. The summed E-state index contributed by atoms with van der Waals surface area (Å²) in [7, 11) is 0. The maximum atomic E-state index is 11.9. The second kappa shape index (κ2) is 5.50. The van der Waals surface area contributed by atoms with Crippen molar-refractivity contribution >= 4 is 5.91 Å². The van der Waals surface area contributed by atoms with Gasteiger partial charge in [0.1, 0.15) is 0 Å². The molecule has 0 aliphatic carbocycles. The molecule has 3 nitrogen and oxygen atoms in total. The van der Waals surface area contributed by atoms with Crippen LogP contribution in [0.15, 0.2) is 0 Å². The highest BCUT2D eigenvalue weighted by molar-refractivity contribution is 5.82. The molecule has 0 aromatic heterocycles. The van der Waals surface area contributed by atoms with Crippen LogP contribution >= 0.6 is 0 Å². The van der Waals surface area contributed by atoms with Crippen molar-refractivity contribution in [1.82, 2.24) is 10.6 Å². The number of carbonyl (C=O) groups excluding carboxylic acids is 1. The molecule has 1 fully saturated rings. The Bertz CT molecular complexity index is 214. The van der Waals surface area contributed by atoms with E-state index in [1.807, 2.05) is 0 Å². The fraction of sp³-hybridized carbons (Fsp3) is 0.917. The average Bonchev–Trinajstić information content (AvgIpc) is 2.17. The minimum absolute atomic E-state index is 0.0110. The normalized spacial score (nSPS) is 24.9. The lowest BCUT2D eigenvalue weighted by Gasteiger charge is -2.38. The van der Waals surface area contributed by atoms with E-state index in [4.69, 9.17) is 0 Å². The Morgan fingerprint density at radius 1 is 1.53 bits per heavy atom. The molecule has 1 rings (SSSR count). The van der Waals surface area contributed by atoms with Crippen molar-refractivity contribution in [2.45, 2.75) is 52.5 Å². The monoisotopic (exact) mass is 212 g/mol. The first kappa shape index (κ1) is 12.5. The predicted octanol–water partition coefficient (Wildman–Crippen LogP) is 1.68. The fourth-order valence-corrected chi connectivity index (χ4v) is 2.15. The van der Waals surface area contributed by atoms with Gasteiger partial charge in [-0.3, -0.25) is 4.79 Å². The summed E-state index contributed by atoms with van der Waals surface area (Å²) in [6, 6.07) is -0.0110. The van der Waals surface area contributed by atoms with E-state index < -0.39 is 0 Å². The van der Waals surface area contributed by atoms with E-state index in [1.54, 1.807) is 0 Å². The van der Waals surface area contributed by atoms with Gasteiger partial charge in [-0.1, -0.05) is 27.2 Å². The van der Waals surface area contributed by atoms with Crippen molar-refractivity contribution < 1.29 is 4.79 Å². The summed E-state index contributed by atoms with van der Waals surface area (Å²) in [6.07, 6.45) is 4.50. The topological polar surface area (TPSA) is 41.1 Å². The van der Waals surface area contributed by atoms with Gasteiger partial charge in [0.2, 0.25) is 5.91 Å². The molecule has 0 aromatic carbocycles. The van der Waals surface area contributed by atoms with Crippen LogP contribution in [-0.4, -0.2) is 25.0 Å². The number of carbonyl (C=O) groups is 1. The van der Waals surface area contributed by atoms with Crippen LogP contribution in [0, 0.1) is 5.41 Å². The van der Waals surface area contributed by atoms with Crippen molar-refractivity contribution in [3.63, 3.8) is 0 Å². The Kier molecular flexibility index (Phi) is 4.58. The van der Waals surface area contributed by atoms with E-state index in [9.17, 15) is 4.79 Å². The summed E-state index contributed by atoms with van der Waals surface area (Å²) < 4.78 is 0. The Balaban J connectivity index is 2.42. The van der Waals surface area contributed by atoms with Crippen molar-refractivity contribution in [2.24, 2.45) is 5.41 Å².